The van der Waals surface area contributed by atoms with Gasteiger partial charge in [-0.1, -0.05) is 6.92 Å². The molecule has 3 rings (SSSR count). The van der Waals surface area contributed by atoms with E-state index in [0.717, 1.165) is 55.4 Å². The summed E-state index contributed by atoms with van der Waals surface area (Å²) in [6.45, 7) is 10.3. The van der Waals surface area contributed by atoms with Gasteiger partial charge in [-0.05, 0) is 58.0 Å². The molecule has 6 nitrogen and oxygen atoms in total. The van der Waals surface area contributed by atoms with E-state index in [1.54, 1.807) is 0 Å². The third-order valence-electron chi connectivity index (χ3n) is 5.35. The van der Waals surface area contributed by atoms with Crippen LogP contribution < -0.4 is 10.6 Å². The molecular weight excluding hydrogens is 302 g/mol. The molecule has 134 valence electrons. The maximum Gasteiger partial charge on any atom is 0.208 e. The Labute approximate surface area is 145 Å². The molecule has 2 atom stereocenters. The van der Waals surface area contributed by atoms with E-state index in [-0.39, 0.29) is 0 Å². The van der Waals surface area contributed by atoms with Gasteiger partial charge in [0.25, 0.3) is 0 Å². The number of aliphatic imine (C=N–C) groups is 1. The van der Waals surface area contributed by atoms with Crippen molar-refractivity contribution in [2.75, 3.05) is 26.7 Å². The first kappa shape index (κ1) is 17.3. The predicted octanol–water partition coefficient (Wildman–Crippen LogP) is 2.08. The van der Waals surface area contributed by atoms with Crippen LogP contribution in [0.3, 0.4) is 0 Å². The number of rotatable bonds is 5. The van der Waals surface area contributed by atoms with Crippen LogP contribution in [-0.2, 0) is 6.54 Å². The highest BCUT2D eigenvalue weighted by molar-refractivity contribution is 5.80. The highest BCUT2D eigenvalue weighted by Crippen LogP contribution is 2.28. The van der Waals surface area contributed by atoms with Gasteiger partial charge < -0.3 is 15.1 Å². The van der Waals surface area contributed by atoms with Gasteiger partial charge in [-0.2, -0.15) is 0 Å². The summed E-state index contributed by atoms with van der Waals surface area (Å²) in [5.41, 5.74) is 1.01. The van der Waals surface area contributed by atoms with Gasteiger partial charge in [-0.25, -0.2) is 4.98 Å². The zero-order chi connectivity index (χ0) is 17.1. The second-order valence-corrected chi connectivity index (χ2v) is 7.39. The summed E-state index contributed by atoms with van der Waals surface area (Å²) in [5.74, 6) is 4.24. The molecule has 1 aliphatic carbocycles. The lowest BCUT2D eigenvalue weighted by Gasteiger charge is -2.31. The summed E-state index contributed by atoms with van der Waals surface area (Å²) < 4.78 is 5.70. The van der Waals surface area contributed by atoms with Gasteiger partial charge >= 0.3 is 0 Å². The van der Waals surface area contributed by atoms with Gasteiger partial charge in [0.1, 0.15) is 5.76 Å². The van der Waals surface area contributed by atoms with E-state index >= 15 is 0 Å². The van der Waals surface area contributed by atoms with Crippen molar-refractivity contribution in [3.63, 3.8) is 0 Å². The third kappa shape index (κ3) is 4.50. The smallest absolute Gasteiger partial charge is 0.208 e. The van der Waals surface area contributed by atoms with E-state index in [0.29, 0.717) is 12.0 Å². The van der Waals surface area contributed by atoms with Crippen LogP contribution in [0.1, 0.15) is 43.5 Å². The largest absolute Gasteiger partial charge is 0.444 e. The van der Waals surface area contributed by atoms with Crippen LogP contribution in [0.2, 0.25) is 0 Å². The molecule has 1 aromatic rings. The molecule has 1 aromatic heterocycles. The molecule has 0 bridgehead atoms. The van der Waals surface area contributed by atoms with Crippen LogP contribution in [0, 0.1) is 25.7 Å². The molecule has 6 heteroatoms. The normalized spacial score (nSPS) is 25.8. The van der Waals surface area contributed by atoms with Crippen molar-refractivity contribution >= 4 is 5.96 Å². The predicted molar refractivity (Wildman–Crippen MR) is 96.0 cm³/mol. The van der Waals surface area contributed by atoms with Crippen LogP contribution in [0.4, 0.5) is 0 Å². The maximum absolute atomic E-state index is 5.70. The lowest BCUT2D eigenvalue weighted by molar-refractivity contribution is 0.164. The average Bonchev–Trinajstić information content (AvgIpc) is 3.17. The monoisotopic (exact) mass is 333 g/mol. The third-order valence-corrected chi connectivity index (χ3v) is 5.35. The molecule has 1 saturated heterocycles. The molecule has 2 fully saturated rings. The minimum Gasteiger partial charge on any atom is -0.444 e. The zero-order valence-electron chi connectivity index (χ0n) is 15.4. The molecule has 1 aliphatic heterocycles. The van der Waals surface area contributed by atoms with Crippen LogP contribution in [0.15, 0.2) is 9.41 Å². The lowest BCUT2D eigenvalue weighted by Crippen LogP contribution is -2.43. The average molecular weight is 333 g/mol. The molecule has 2 unspecified atom stereocenters. The first-order valence-corrected chi connectivity index (χ1v) is 9.17. The van der Waals surface area contributed by atoms with Crippen molar-refractivity contribution in [2.24, 2.45) is 16.8 Å². The van der Waals surface area contributed by atoms with E-state index < -0.39 is 0 Å². The quantitative estimate of drug-likeness (QED) is 0.638. The second kappa shape index (κ2) is 7.55. The maximum atomic E-state index is 5.70. The van der Waals surface area contributed by atoms with Crippen molar-refractivity contribution in [3.8, 4) is 0 Å². The van der Waals surface area contributed by atoms with Crippen molar-refractivity contribution in [3.05, 3.63) is 17.3 Å². The van der Waals surface area contributed by atoms with E-state index in [9.17, 15) is 0 Å². The molecule has 0 amide bonds. The first-order chi connectivity index (χ1) is 11.5. The summed E-state index contributed by atoms with van der Waals surface area (Å²) in [7, 11) is 1.85. The van der Waals surface area contributed by atoms with Gasteiger partial charge in [-0.15, -0.1) is 0 Å². The molecule has 24 heavy (non-hydrogen) atoms. The minimum absolute atomic E-state index is 0.616. The standard InChI is InChI=1S/C18H31N5O/c1-12-9-16(12)22-18(19-4)20-10-15-5-7-23(8-6-15)11-17-21-13(2)14(3)24-17/h12,15-16H,5-11H2,1-4H3,(H2,19,20,22). The van der Waals surface area contributed by atoms with Crippen LogP contribution in [0.25, 0.3) is 0 Å². The van der Waals surface area contributed by atoms with Gasteiger partial charge in [0.05, 0.1) is 12.2 Å². The van der Waals surface area contributed by atoms with Gasteiger partial charge in [-0.3, -0.25) is 9.89 Å². The van der Waals surface area contributed by atoms with Gasteiger partial charge in [0.2, 0.25) is 5.89 Å². The van der Waals surface area contributed by atoms with E-state index in [1.165, 1.54) is 19.3 Å². The molecular formula is C18H31N5O. The number of guanidine groups is 1. The fourth-order valence-electron chi connectivity index (χ4n) is 3.28. The van der Waals surface area contributed by atoms with Gasteiger partial charge in [0.15, 0.2) is 5.96 Å². The Kier molecular flexibility index (Phi) is 5.43. The van der Waals surface area contributed by atoms with Crippen molar-refractivity contribution < 1.29 is 4.42 Å². The minimum atomic E-state index is 0.616. The van der Waals surface area contributed by atoms with E-state index in [2.05, 4.69) is 32.4 Å². The van der Waals surface area contributed by atoms with Gasteiger partial charge in [0, 0.05) is 19.6 Å². The fraction of sp³-hybridized carbons (Fsp3) is 0.778. The number of nitrogens with one attached hydrogen (secondary N) is 2. The molecule has 0 spiro atoms. The molecule has 2 N–H and O–H groups in total. The number of aromatic nitrogens is 1. The number of aryl methyl sites for hydroxylation is 2. The molecule has 2 aliphatic rings. The summed E-state index contributed by atoms with van der Waals surface area (Å²) in [6.07, 6.45) is 3.68. The number of piperidine rings is 1. The Hall–Kier alpha value is -1.56. The molecule has 0 radical (unpaired) electrons. The summed E-state index contributed by atoms with van der Waals surface area (Å²) in [4.78, 5) is 11.3. The van der Waals surface area contributed by atoms with Crippen molar-refractivity contribution in [1.29, 1.82) is 0 Å². The number of oxazole rings is 1. The second-order valence-electron chi connectivity index (χ2n) is 7.39. The van der Waals surface area contributed by atoms with Crippen LogP contribution in [-0.4, -0.2) is 48.6 Å². The number of hydrogen-bond acceptors (Lipinski definition) is 4. The SMILES string of the molecule is CN=C(NCC1CCN(Cc2nc(C)c(C)o2)CC1)NC1CC1C. The van der Waals surface area contributed by atoms with Crippen molar-refractivity contribution in [2.45, 2.75) is 52.6 Å². The topological polar surface area (TPSA) is 65.7 Å². The first-order valence-electron chi connectivity index (χ1n) is 9.17. The van der Waals surface area contributed by atoms with Crippen molar-refractivity contribution in [1.82, 2.24) is 20.5 Å². The zero-order valence-corrected chi connectivity index (χ0v) is 15.4. The Morgan fingerprint density at radius 1 is 1.33 bits per heavy atom. The van der Waals surface area contributed by atoms with E-state index in [4.69, 9.17) is 4.42 Å². The Balaban J connectivity index is 1.37. The highest BCUT2D eigenvalue weighted by Gasteiger charge is 2.33. The lowest BCUT2D eigenvalue weighted by atomic mass is 9.97. The summed E-state index contributed by atoms with van der Waals surface area (Å²) >= 11 is 0. The summed E-state index contributed by atoms with van der Waals surface area (Å²) in [5, 5.41) is 6.98. The fourth-order valence-corrected chi connectivity index (χ4v) is 3.28. The Morgan fingerprint density at radius 2 is 2.04 bits per heavy atom. The Bertz CT molecular complexity index is 554. The molecule has 0 aromatic carbocycles. The Morgan fingerprint density at radius 3 is 2.58 bits per heavy atom. The number of nitrogens with zero attached hydrogens (tertiary/aromatic N) is 3. The molecule has 1 saturated carbocycles. The summed E-state index contributed by atoms with van der Waals surface area (Å²) in [6, 6.07) is 0.616. The number of likely N-dealkylation sites (tertiary alicyclic amines) is 1. The van der Waals surface area contributed by atoms with E-state index in [1.807, 2.05) is 20.9 Å². The molecule has 2 heterocycles. The number of hydrogen-bond donors (Lipinski definition) is 2. The van der Waals surface area contributed by atoms with Crippen LogP contribution >= 0.6 is 0 Å². The van der Waals surface area contributed by atoms with Crippen LogP contribution in [0.5, 0.6) is 0 Å². The highest BCUT2D eigenvalue weighted by atomic mass is 16.4.